The molecule has 82 valence electrons. The smallest absolute Gasteiger partial charge is 0.102 e. The molecule has 0 aliphatic carbocycles. The Morgan fingerprint density at radius 1 is 1.19 bits per heavy atom. The van der Waals surface area contributed by atoms with Gasteiger partial charge in [0.05, 0.1) is 15.6 Å². The van der Waals surface area contributed by atoms with Crippen molar-refractivity contribution in [1.29, 1.82) is 10.5 Å². The van der Waals surface area contributed by atoms with E-state index >= 15 is 0 Å². The van der Waals surface area contributed by atoms with Gasteiger partial charge >= 0.3 is 0 Å². The van der Waals surface area contributed by atoms with Gasteiger partial charge in [0.2, 0.25) is 0 Å². The van der Waals surface area contributed by atoms with E-state index in [1.165, 1.54) is 0 Å². The van der Waals surface area contributed by atoms with Crippen molar-refractivity contribution in [3.63, 3.8) is 0 Å². The van der Waals surface area contributed by atoms with Crippen molar-refractivity contribution in [1.82, 2.24) is 0 Å². The first-order valence-corrected chi connectivity index (χ1v) is 6.55. The summed E-state index contributed by atoms with van der Waals surface area (Å²) in [6.45, 7) is 2.12. The summed E-state index contributed by atoms with van der Waals surface area (Å²) >= 11 is 6.81. The topological polar surface area (TPSA) is 47.6 Å². The van der Waals surface area contributed by atoms with E-state index in [1.807, 2.05) is 6.07 Å². The normalized spacial score (nSPS) is 9.56. The number of hydrogen-bond acceptors (Lipinski definition) is 2. The van der Waals surface area contributed by atoms with E-state index in [0.29, 0.717) is 15.6 Å². The molecule has 1 aromatic carbocycles. The van der Waals surface area contributed by atoms with E-state index in [-0.39, 0.29) is 0 Å². The molecule has 16 heavy (non-hydrogen) atoms. The molecule has 1 aromatic rings. The molecule has 1 rings (SSSR count). The number of halogens is 2. The monoisotopic (exact) mass is 340 g/mol. The number of nitriles is 2. The third-order valence-electron chi connectivity index (χ3n) is 2.31. The Labute approximate surface area is 112 Å². The SMILES string of the molecule is CCCCc1cc(C#N)c(C#N)c(Br)c1Br. The zero-order valence-corrected chi connectivity index (χ0v) is 12.0. The van der Waals surface area contributed by atoms with Crippen molar-refractivity contribution in [2.75, 3.05) is 0 Å². The second kappa shape index (κ2) is 6.03. The number of unbranched alkanes of at least 4 members (excludes halogenated alkanes) is 1. The van der Waals surface area contributed by atoms with Crippen LogP contribution in [0, 0.1) is 22.7 Å². The molecule has 2 nitrogen and oxygen atoms in total. The first kappa shape index (κ1) is 13.2. The van der Waals surface area contributed by atoms with Crippen LogP contribution in [0.2, 0.25) is 0 Å². The molecule has 0 spiro atoms. The van der Waals surface area contributed by atoms with E-state index in [4.69, 9.17) is 10.5 Å². The molecule has 0 aromatic heterocycles. The lowest BCUT2D eigenvalue weighted by Crippen LogP contribution is -1.94. The lowest BCUT2D eigenvalue weighted by molar-refractivity contribution is 0.792. The molecule has 0 aliphatic rings. The molecule has 0 saturated heterocycles. The standard InChI is InChI=1S/C12H10Br2N2/c1-2-3-4-8-5-9(6-15)10(7-16)12(14)11(8)13/h5H,2-4H2,1H3. The van der Waals surface area contributed by atoms with Crippen LogP contribution in [-0.4, -0.2) is 0 Å². The minimum Gasteiger partial charge on any atom is -0.192 e. The molecule has 0 amide bonds. The van der Waals surface area contributed by atoms with Crippen LogP contribution in [0.5, 0.6) is 0 Å². The van der Waals surface area contributed by atoms with Gasteiger partial charge in [-0.2, -0.15) is 10.5 Å². The predicted molar refractivity (Wildman–Crippen MR) is 69.9 cm³/mol. The molecule has 0 unspecified atom stereocenters. The maximum absolute atomic E-state index is 8.98. The highest BCUT2D eigenvalue weighted by Gasteiger charge is 2.14. The largest absolute Gasteiger partial charge is 0.192 e. The van der Waals surface area contributed by atoms with Crippen molar-refractivity contribution in [2.45, 2.75) is 26.2 Å². The molecular weight excluding hydrogens is 332 g/mol. The van der Waals surface area contributed by atoms with Crippen LogP contribution < -0.4 is 0 Å². The molecular formula is C12H10Br2N2. The van der Waals surface area contributed by atoms with Crippen molar-refractivity contribution in [2.24, 2.45) is 0 Å². The third-order valence-corrected chi connectivity index (χ3v) is 4.54. The summed E-state index contributed by atoms with van der Waals surface area (Å²) in [5, 5.41) is 17.9. The molecule has 0 saturated carbocycles. The number of aryl methyl sites for hydroxylation is 1. The minimum atomic E-state index is 0.398. The third kappa shape index (κ3) is 2.64. The summed E-state index contributed by atoms with van der Waals surface area (Å²) < 4.78 is 1.57. The fraction of sp³-hybridized carbons (Fsp3) is 0.333. The van der Waals surface area contributed by atoms with Crippen LogP contribution in [0.3, 0.4) is 0 Å². The maximum Gasteiger partial charge on any atom is 0.102 e. The molecule has 0 atom stereocenters. The average Bonchev–Trinajstić information content (AvgIpc) is 2.30. The zero-order chi connectivity index (χ0) is 12.1. The van der Waals surface area contributed by atoms with Crippen molar-refractivity contribution >= 4 is 31.9 Å². The molecule has 0 aliphatic heterocycles. The Hall–Kier alpha value is -0.840. The van der Waals surface area contributed by atoms with Crippen LogP contribution >= 0.6 is 31.9 Å². The van der Waals surface area contributed by atoms with Gasteiger partial charge in [0.25, 0.3) is 0 Å². The Kier molecular flexibility index (Phi) is 4.99. The first-order valence-electron chi connectivity index (χ1n) is 4.96. The van der Waals surface area contributed by atoms with Gasteiger partial charge in [-0.15, -0.1) is 0 Å². The molecule has 0 bridgehead atoms. The minimum absolute atomic E-state index is 0.398. The van der Waals surface area contributed by atoms with Crippen molar-refractivity contribution in [3.05, 3.63) is 31.7 Å². The molecule has 0 N–H and O–H groups in total. The van der Waals surface area contributed by atoms with Gasteiger partial charge in [-0.1, -0.05) is 13.3 Å². The first-order chi connectivity index (χ1) is 7.65. The van der Waals surface area contributed by atoms with Gasteiger partial charge in [-0.3, -0.25) is 0 Å². The summed E-state index contributed by atoms with van der Waals surface area (Å²) in [6, 6.07) is 5.89. The quantitative estimate of drug-likeness (QED) is 0.822. The molecule has 4 heteroatoms. The van der Waals surface area contributed by atoms with Crippen LogP contribution in [-0.2, 0) is 6.42 Å². The second-order valence-corrected chi connectivity index (χ2v) is 5.00. The lowest BCUT2D eigenvalue weighted by atomic mass is 10.0. The predicted octanol–water partition coefficient (Wildman–Crippen LogP) is 4.30. The second-order valence-electron chi connectivity index (χ2n) is 3.41. The van der Waals surface area contributed by atoms with Crippen LogP contribution in [0.15, 0.2) is 15.0 Å². The number of nitrogens with zero attached hydrogens (tertiary/aromatic N) is 2. The molecule has 0 radical (unpaired) electrons. The molecule has 0 fully saturated rings. The van der Waals surface area contributed by atoms with E-state index in [2.05, 4.69) is 44.9 Å². The van der Waals surface area contributed by atoms with E-state index in [9.17, 15) is 0 Å². The van der Waals surface area contributed by atoms with E-state index in [1.54, 1.807) is 6.07 Å². The Balaban J connectivity index is 3.30. The van der Waals surface area contributed by atoms with Crippen molar-refractivity contribution in [3.8, 4) is 12.1 Å². The van der Waals surface area contributed by atoms with Gasteiger partial charge in [0.15, 0.2) is 0 Å². The summed E-state index contributed by atoms with van der Waals surface area (Å²) in [6.07, 6.45) is 3.09. The highest BCUT2D eigenvalue weighted by molar-refractivity contribution is 9.13. The maximum atomic E-state index is 8.98. The summed E-state index contributed by atoms with van der Waals surface area (Å²) in [5.41, 5.74) is 1.91. The number of benzene rings is 1. The van der Waals surface area contributed by atoms with E-state index in [0.717, 1.165) is 29.3 Å². The Morgan fingerprint density at radius 2 is 1.88 bits per heavy atom. The van der Waals surface area contributed by atoms with Crippen LogP contribution in [0.25, 0.3) is 0 Å². The summed E-state index contributed by atoms with van der Waals surface area (Å²) in [4.78, 5) is 0. The number of hydrogen-bond donors (Lipinski definition) is 0. The highest BCUT2D eigenvalue weighted by Crippen LogP contribution is 2.33. The van der Waals surface area contributed by atoms with Crippen LogP contribution in [0.4, 0.5) is 0 Å². The Morgan fingerprint density at radius 3 is 2.38 bits per heavy atom. The number of rotatable bonds is 3. The van der Waals surface area contributed by atoms with Crippen LogP contribution in [0.1, 0.15) is 36.5 Å². The van der Waals surface area contributed by atoms with Gasteiger partial charge < -0.3 is 0 Å². The van der Waals surface area contributed by atoms with E-state index < -0.39 is 0 Å². The van der Waals surface area contributed by atoms with Gasteiger partial charge in [-0.25, -0.2) is 0 Å². The van der Waals surface area contributed by atoms with Gasteiger partial charge in [-0.05, 0) is 56.3 Å². The molecule has 0 heterocycles. The van der Waals surface area contributed by atoms with Crippen molar-refractivity contribution < 1.29 is 0 Å². The Bertz CT molecular complexity index is 481. The van der Waals surface area contributed by atoms with Gasteiger partial charge in [0.1, 0.15) is 12.1 Å². The zero-order valence-electron chi connectivity index (χ0n) is 8.85. The fourth-order valence-corrected chi connectivity index (χ4v) is 2.49. The summed E-state index contributed by atoms with van der Waals surface area (Å²) in [5.74, 6) is 0. The fourth-order valence-electron chi connectivity index (χ4n) is 1.43. The average molecular weight is 342 g/mol. The lowest BCUT2D eigenvalue weighted by Gasteiger charge is -2.08. The highest BCUT2D eigenvalue weighted by atomic mass is 79.9. The summed E-state index contributed by atoms with van der Waals surface area (Å²) in [7, 11) is 0. The van der Waals surface area contributed by atoms with Gasteiger partial charge in [0, 0.05) is 4.47 Å².